The molecule has 0 aromatic heterocycles. The number of hydrogen-bond donors (Lipinski definition) is 1. The van der Waals surface area contributed by atoms with Crippen molar-refractivity contribution in [1.82, 2.24) is 0 Å². The Labute approximate surface area is 98.4 Å². The standard InChI is InChI=1S/C11H7ClN2.ClH/c12-11-13-8-5-1-3-7-4-2-6-9(14-11)10(7)8;/h1-6H,(H,13,14);1H. The SMILES string of the molecule is Cl.ClC1=Nc2cccc3cccc(c23)N1. The second-order valence-electron chi connectivity index (χ2n) is 3.21. The summed E-state index contributed by atoms with van der Waals surface area (Å²) in [6.07, 6.45) is 0. The molecule has 0 saturated heterocycles. The Kier molecular flexibility index (Phi) is 2.55. The first-order valence-electron chi connectivity index (χ1n) is 4.37. The highest BCUT2D eigenvalue weighted by atomic mass is 35.5. The van der Waals surface area contributed by atoms with Gasteiger partial charge in [0.1, 0.15) is 0 Å². The Morgan fingerprint density at radius 3 is 2.60 bits per heavy atom. The number of hydrogen-bond acceptors (Lipinski definition) is 2. The Balaban J connectivity index is 0.000000853. The van der Waals surface area contributed by atoms with Crippen LogP contribution in [-0.2, 0) is 0 Å². The highest BCUT2D eigenvalue weighted by Gasteiger charge is 2.11. The van der Waals surface area contributed by atoms with E-state index >= 15 is 0 Å². The van der Waals surface area contributed by atoms with Crippen molar-refractivity contribution in [3.05, 3.63) is 36.4 Å². The van der Waals surface area contributed by atoms with E-state index in [1.54, 1.807) is 0 Å². The van der Waals surface area contributed by atoms with Gasteiger partial charge in [-0.15, -0.1) is 12.4 Å². The van der Waals surface area contributed by atoms with Crippen molar-refractivity contribution in [2.24, 2.45) is 4.99 Å². The quantitative estimate of drug-likeness (QED) is 0.692. The lowest BCUT2D eigenvalue weighted by Crippen LogP contribution is -2.07. The summed E-state index contributed by atoms with van der Waals surface area (Å²) in [5.41, 5.74) is 1.96. The van der Waals surface area contributed by atoms with E-state index in [0.717, 1.165) is 16.8 Å². The minimum atomic E-state index is 0. The minimum absolute atomic E-state index is 0. The molecule has 0 spiro atoms. The number of aliphatic imine (C=N–C) groups is 1. The zero-order valence-electron chi connectivity index (χ0n) is 7.70. The second-order valence-corrected chi connectivity index (χ2v) is 3.57. The molecule has 0 aliphatic carbocycles. The third-order valence-corrected chi connectivity index (χ3v) is 2.52. The van der Waals surface area contributed by atoms with Gasteiger partial charge in [0.05, 0.1) is 11.4 Å². The fraction of sp³-hybridized carbons (Fsp3) is 0. The molecule has 1 aliphatic rings. The lowest BCUT2D eigenvalue weighted by Gasteiger charge is -2.14. The zero-order chi connectivity index (χ0) is 9.54. The van der Waals surface area contributed by atoms with E-state index in [4.69, 9.17) is 11.6 Å². The molecule has 2 nitrogen and oxygen atoms in total. The largest absolute Gasteiger partial charge is 0.330 e. The first-order chi connectivity index (χ1) is 6.84. The van der Waals surface area contributed by atoms with Crippen molar-refractivity contribution >= 4 is 51.4 Å². The maximum atomic E-state index is 5.87. The molecule has 1 N–H and O–H groups in total. The summed E-state index contributed by atoms with van der Waals surface area (Å²) in [5, 5.41) is 5.79. The van der Waals surface area contributed by atoms with Crippen molar-refractivity contribution in [1.29, 1.82) is 0 Å². The number of nitrogens with zero attached hydrogens (tertiary/aromatic N) is 1. The second kappa shape index (κ2) is 3.72. The van der Waals surface area contributed by atoms with Crippen LogP contribution in [-0.4, -0.2) is 5.29 Å². The fourth-order valence-electron chi connectivity index (χ4n) is 1.76. The molecular weight excluding hydrogens is 231 g/mol. The Bertz CT molecular complexity index is 544. The van der Waals surface area contributed by atoms with Crippen molar-refractivity contribution < 1.29 is 0 Å². The molecule has 0 atom stereocenters. The third-order valence-electron chi connectivity index (χ3n) is 2.34. The van der Waals surface area contributed by atoms with Crippen molar-refractivity contribution in [2.75, 3.05) is 5.32 Å². The summed E-state index contributed by atoms with van der Waals surface area (Å²) in [6, 6.07) is 12.1. The van der Waals surface area contributed by atoms with Gasteiger partial charge < -0.3 is 5.32 Å². The molecule has 2 aromatic rings. The van der Waals surface area contributed by atoms with Crippen molar-refractivity contribution in [2.45, 2.75) is 0 Å². The van der Waals surface area contributed by atoms with Gasteiger partial charge in [-0.1, -0.05) is 24.3 Å². The molecule has 2 aromatic carbocycles. The van der Waals surface area contributed by atoms with E-state index in [-0.39, 0.29) is 12.4 Å². The van der Waals surface area contributed by atoms with Crippen LogP contribution in [0.4, 0.5) is 11.4 Å². The van der Waals surface area contributed by atoms with Crippen LogP contribution < -0.4 is 5.32 Å². The Morgan fingerprint density at radius 1 is 1.07 bits per heavy atom. The highest BCUT2D eigenvalue weighted by molar-refractivity contribution is 6.68. The molecule has 0 unspecified atom stereocenters. The molecule has 15 heavy (non-hydrogen) atoms. The van der Waals surface area contributed by atoms with E-state index in [2.05, 4.69) is 22.4 Å². The van der Waals surface area contributed by atoms with E-state index in [1.807, 2.05) is 24.3 Å². The molecule has 0 amide bonds. The molecule has 1 heterocycles. The van der Waals surface area contributed by atoms with Crippen LogP contribution in [0, 0.1) is 0 Å². The van der Waals surface area contributed by atoms with Crippen LogP contribution >= 0.6 is 24.0 Å². The average Bonchev–Trinajstić information content (AvgIpc) is 2.18. The van der Waals surface area contributed by atoms with Gasteiger partial charge in [-0.05, 0) is 29.1 Å². The molecule has 4 heteroatoms. The van der Waals surface area contributed by atoms with Crippen molar-refractivity contribution in [3.63, 3.8) is 0 Å². The fourth-order valence-corrected chi connectivity index (χ4v) is 1.96. The monoisotopic (exact) mass is 238 g/mol. The summed E-state index contributed by atoms with van der Waals surface area (Å²) in [7, 11) is 0. The van der Waals surface area contributed by atoms with Crippen molar-refractivity contribution in [3.8, 4) is 0 Å². The first-order valence-corrected chi connectivity index (χ1v) is 4.75. The highest BCUT2D eigenvalue weighted by Crippen LogP contribution is 2.35. The number of nitrogens with one attached hydrogen (secondary N) is 1. The number of amidine groups is 1. The lowest BCUT2D eigenvalue weighted by molar-refractivity contribution is 1.52. The lowest BCUT2D eigenvalue weighted by atomic mass is 10.1. The predicted octanol–water partition coefficient (Wildman–Crippen LogP) is 3.91. The third kappa shape index (κ3) is 1.56. The first kappa shape index (κ1) is 10.3. The number of benzene rings is 2. The van der Waals surface area contributed by atoms with Crippen LogP contribution in [0.5, 0.6) is 0 Å². The molecular formula is C11H8Cl2N2. The predicted molar refractivity (Wildman–Crippen MR) is 67.8 cm³/mol. The minimum Gasteiger partial charge on any atom is -0.330 e. The normalized spacial score (nSPS) is 12.7. The zero-order valence-corrected chi connectivity index (χ0v) is 9.27. The van der Waals surface area contributed by atoms with E-state index < -0.39 is 0 Å². The van der Waals surface area contributed by atoms with Crippen LogP contribution in [0.25, 0.3) is 10.8 Å². The molecule has 0 radical (unpaired) electrons. The number of rotatable bonds is 0. The van der Waals surface area contributed by atoms with Gasteiger partial charge in [0.25, 0.3) is 0 Å². The molecule has 0 saturated carbocycles. The summed E-state index contributed by atoms with van der Waals surface area (Å²) >= 11 is 5.87. The summed E-state index contributed by atoms with van der Waals surface area (Å²) in [4.78, 5) is 4.23. The summed E-state index contributed by atoms with van der Waals surface area (Å²) < 4.78 is 0. The van der Waals surface area contributed by atoms with Gasteiger partial charge in [-0.2, -0.15) is 0 Å². The van der Waals surface area contributed by atoms with Gasteiger partial charge in [0.2, 0.25) is 5.29 Å². The van der Waals surface area contributed by atoms with Crippen LogP contribution in [0.2, 0.25) is 0 Å². The Morgan fingerprint density at radius 2 is 1.80 bits per heavy atom. The molecule has 76 valence electrons. The van der Waals surface area contributed by atoms with Crippen LogP contribution in [0.1, 0.15) is 0 Å². The van der Waals surface area contributed by atoms with Gasteiger partial charge in [-0.25, -0.2) is 4.99 Å². The topological polar surface area (TPSA) is 24.4 Å². The summed E-state index contributed by atoms with van der Waals surface area (Å²) in [5.74, 6) is 0. The number of halogens is 2. The van der Waals surface area contributed by atoms with Crippen LogP contribution in [0.15, 0.2) is 41.4 Å². The van der Waals surface area contributed by atoms with E-state index in [0.29, 0.717) is 5.29 Å². The van der Waals surface area contributed by atoms with Gasteiger partial charge in [0, 0.05) is 5.39 Å². The van der Waals surface area contributed by atoms with Gasteiger partial charge in [-0.3, -0.25) is 0 Å². The van der Waals surface area contributed by atoms with Gasteiger partial charge in [0.15, 0.2) is 0 Å². The molecule has 3 rings (SSSR count). The van der Waals surface area contributed by atoms with E-state index in [1.165, 1.54) is 5.39 Å². The Hall–Kier alpha value is -1.25. The maximum Gasteiger partial charge on any atom is 0.200 e. The molecule has 1 aliphatic heterocycles. The van der Waals surface area contributed by atoms with Crippen LogP contribution in [0.3, 0.4) is 0 Å². The van der Waals surface area contributed by atoms with Gasteiger partial charge >= 0.3 is 0 Å². The summed E-state index contributed by atoms with van der Waals surface area (Å²) in [6.45, 7) is 0. The molecule has 0 fully saturated rings. The maximum absolute atomic E-state index is 5.87. The number of anilines is 1. The average molecular weight is 239 g/mol. The smallest absolute Gasteiger partial charge is 0.200 e. The molecule has 0 bridgehead atoms. The van der Waals surface area contributed by atoms with E-state index in [9.17, 15) is 0 Å².